The molecule has 2 rings (SSSR count). The SMILES string of the molecule is COc1cc(OC)cc(-c2nc(C)c(C(N)=O)c(N)n2)c1. The molecule has 7 heteroatoms. The third-order valence-corrected chi connectivity index (χ3v) is 2.97. The molecule has 4 N–H and O–H groups in total. The number of hydrogen-bond donors (Lipinski definition) is 2. The molecule has 0 aliphatic rings. The summed E-state index contributed by atoms with van der Waals surface area (Å²) in [4.78, 5) is 19.7. The summed E-state index contributed by atoms with van der Waals surface area (Å²) in [5, 5.41) is 0. The normalized spacial score (nSPS) is 10.2. The maximum atomic E-state index is 11.3. The average molecular weight is 288 g/mol. The van der Waals surface area contributed by atoms with Crippen LogP contribution in [0.25, 0.3) is 11.4 Å². The van der Waals surface area contributed by atoms with Crippen molar-refractivity contribution in [2.45, 2.75) is 6.92 Å². The van der Waals surface area contributed by atoms with Gasteiger partial charge in [0.05, 0.1) is 19.9 Å². The van der Waals surface area contributed by atoms with Crippen molar-refractivity contribution in [1.82, 2.24) is 9.97 Å². The minimum atomic E-state index is -0.653. The van der Waals surface area contributed by atoms with Gasteiger partial charge in [-0.3, -0.25) is 4.79 Å². The molecule has 7 nitrogen and oxygen atoms in total. The van der Waals surface area contributed by atoms with E-state index in [-0.39, 0.29) is 11.4 Å². The molecule has 0 spiro atoms. The Morgan fingerprint density at radius 2 is 1.67 bits per heavy atom. The number of ether oxygens (including phenoxy) is 2. The predicted molar refractivity (Wildman–Crippen MR) is 78.2 cm³/mol. The number of benzene rings is 1. The van der Waals surface area contributed by atoms with Crippen LogP contribution in [0.5, 0.6) is 11.5 Å². The van der Waals surface area contributed by atoms with E-state index in [4.69, 9.17) is 20.9 Å². The lowest BCUT2D eigenvalue weighted by atomic mass is 10.1. The number of aryl methyl sites for hydroxylation is 1. The fourth-order valence-electron chi connectivity index (χ4n) is 1.97. The minimum absolute atomic E-state index is 0.0480. The number of nitrogen functional groups attached to an aromatic ring is 1. The number of hydrogen-bond acceptors (Lipinski definition) is 6. The first kappa shape index (κ1) is 14.6. The van der Waals surface area contributed by atoms with Crippen LogP contribution in [0.15, 0.2) is 18.2 Å². The number of methoxy groups -OCH3 is 2. The van der Waals surface area contributed by atoms with Gasteiger partial charge in [-0.25, -0.2) is 9.97 Å². The molecular formula is C14H16N4O3. The maximum absolute atomic E-state index is 11.3. The Labute approximate surface area is 121 Å². The number of aromatic nitrogens is 2. The highest BCUT2D eigenvalue weighted by Gasteiger charge is 2.16. The van der Waals surface area contributed by atoms with Crippen LogP contribution in [0.4, 0.5) is 5.82 Å². The van der Waals surface area contributed by atoms with Crippen molar-refractivity contribution in [2.24, 2.45) is 5.73 Å². The summed E-state index contributed by atoms with van der Waals surface area (Å²) in [6, 6.07) is 5.23. The van der Waals surface area contributed by atoms with E-state index in [1.54, 1.807) is 39.3 Å². The molecule has 1 aromatic heterocycles. The van der Waals surface area contributed by atoms with Gasteiger partial charge in [0.2, 0.25) is 0 Å². The van der Waals surface area contributed by atoms with E-state index < -0.39 is 5.91 Å². The van der Waals surface area contributed by atoms with Crippen molar-refractivity contribution in [2.75, 3.05) is 20.0 Å². The van der Waals surface area contributed by atoms with E-state index in [0.717, 1.165) is 0 Å². The smallest absolute Gasteiger partial charge is 0.254 e. The Kier molecular flexibility index (Phi) is 3.93. The fraction of sp³-hybridized carbons (Fsp3) is 0.214. The molecule has 0 unspecified atom stereocenters. The minimum Gasteiger partial charge on any atom is -0.497 e. The van der Waals surface area contributed by atoms with Gasteiger partial charge < -0.3 is 20.9 Å². The van der Waals surface area contributed by atoms with Gasteiger partial charge in [0.25, 0.3) is 5.91 Å². The van der Waals surface area contributed by atoms with Gasteiger partial charge in [-0.05, 0) is 19.1 Å². The molecular weight excluding hydrogens is 272 g/mol. The lowest BCUT2D eigenvalue weighted by molar-refractivity contribution is 0.1000. The van der Waals surface area contributed by atoms with E-state index >= 15 is 0 Å². The zero-order chi connectivity index (χ0) is 15.6. The van der Waals surface area contributed by atoms with Crippen LogP contribution >= 0.6 is 0 Å². The molecule has 21 heavy (non-hydrogen) atoms. The van der Waals surface area contributed by atoms with Crippen LogP contribution in [0, 0.1) is 6.92 Å². The van der Waals surface area contributed by atoms with E-state index in [1.807, 2.05) is 0 Å². The Morgan fingerprint density at radius 3 is 2.10 bits per heavy atom. The van der Waals surface area contributed by atoms with Crippen LogP contribution in [0.1, 0.15) is 16.1 Å². The first-order valence-electron chi connectivity index (χ1n) is 6.13. The number of nitrogens with two attached hydrogens (primary N) is 2. The van der Waals surface area contributed by atoms with Gasteiger partial charge in [-0.1, -0.05) is 0 Å². The molecule has 0 atom stereocenters. The molecule has 1 aromatic carbocycles. The van der Waals surface area contributed by atoms with Gasteiger partial charge in [-0.2, -0.15) is 0 Å². The molecule has 0 saturated carbocycles. The molecule has 0 aliphatic carbocycles. The van der Waals surface area contributed by atoms with Crippen molar-refractivity contribution < 1.29 is 14.3 Å². The number of carbonyl (C=O) groups is 1. The summed E-state index contributed by atoms with van der Waals surface area (Å²) in [6.45, 7) is 1.65. The number of rotatable bonds is 4. The molecule has 0 fully saturated rings. The first-order chi connectivity index (χ1) is 9.96. The number of amides is 1. The van der Waals surface area contributed by atoms with Crippen molar-refractivity contribution >= 4 is 11.7 Å². The van der Waals surface area contributed by atoms with Crippen LogP contribution in [-0.2, 0) is 0 Å². The largest absolute Gasteiger partial charge is 0.497 e. The van der Waals surface area contributed by atoms with Crippen LogP contribution in [-0.4, -0.2) is 30.1 Å². The maximum Gasteiger partial charge on any atom is 0.254 e. The quantitative estimate of drug-likeness (QED) is 0.872. The Hall–Kier alpha value is -2.83. The highest BCUT2D eigenvalue weighted by Crippen LogP contribution is 2.29. The standard InChI is InChI=1S/C14H16N4O3/c1-7-11(13(16)19)12(15)18-14(17-7)8-4-9(20-2)6-10(5-8)21-3/h4-6H,1-3H3,(H2,16,19)(H2,15,17,18). The Balaban J connectivity index is 2.59. The van der Waals surface area contributed by atoms with Gasteiger partial charge >= 0.3 is 0 Å². The summed E-state index contributed by atoms with van der Waals surface area (Å²) in [7, 11) is 3.10. The highest BCUT2D eigenvalue weighted by atomic mass is 16.5. The molecule has 0 aliphatic heterocycles. The van der Waals surface area contributed by atoms with E-state index in [0.29, 0.717) is 28.6 Å². The summed E-state index contributed by atoms with van der Waals surface area (Å²) >= 11 is 0. The summed E-state index contributed by atoms with van der Waals surface area (Å²) in [6.07, 6.45) is 0. The van der Waals surface area contributed by atoms with Crippen molar-refractivity contribution in [1.29, 1.82) is 0 Å². The number of primary amides is 1. The van der Waals surface area contributed by atoms with Crippen LogP contribution < -0.4 is 20.9 Å². The zero-order valence-electron chi connectivity index (χ0n) is 12.0. The molecule has 1 amide bonds. The third-order valence-electron chi connectivity index (χ3n) is 2.97. The predicted octanol–water partition coefficient (Wildman–Crippen LogP) is 1.15. The van der Waals surface area contributed by atoms with Gasteiger partial charge in [0.1, 0.15) is 22.9 Å². The van der Waals surface area contributed by atoms with E-state index in [9.17, 15) is 4.79 Å². The molecule has 1 heterocycles. The lowest BCUT2D eigenvalue weighted by Crippen LogP contribution is -2.17. The van der Waals surface area contributed by atoms with Gasteiger partial charge in [0, 0.05) is 11.6 Å². The summed E-state index contributed by atoms with van der Waals surface area (Å²) < 4.78 is 10.4. The van der Waals surface area contributed by atoms with Crippen molar-refractivity contribution in [3.05, 3.63) is 29.5 Å². The molecule has 2 aromatic rings. The second-order valence-electron chi connectivity index (χ2n) is 4.36. The molecule has 0 radical (unpaired) electrons. The fourth-order valence-corrected chi connectivity index (χ4v) is 1.97. The topological polar surface area (TPSA) is 113 Å². The zero-order valence-corrected chi connectivity index (χ0v) is 12.0. The third kappa shape index (κ3) is 2.86. The number of nitrogens with zero attached hydrogens (tertiary/aromatic N) is 2. The van der Waals surface area contributed by atoms with Gasteiger partial charge in [0.15, 0.2) is 5.82 Å². The van der Waals surface area contributed by atoms with Crippen molar-refractivity contribution in [3.63, 3.8) is 0 Å². The number of anilines is 1. The number of carbonyl (C=O) groups excluding carboxylic acids is 1. The van der Waals surface area contributed by atoms with Crippen LogP contribution in [0.3, 0.4) is 0 Å². The first-order valence-corrected chi connectivity index (χ1v) is 6.13. The van der Waals surface area contributed by atoms with Crippen molar-refractivity contribution in [3.8, 4) is 22.9 Å². The average Bonchev–Trinajstić information content (AvgIpc) is 2.45. The van der Waals surface area contributed by atoms with Gasteiger partial charge in [-0.15, -0.1) is 0 Å². The highest BCUT2D eigenvalue weighted by molar-refractivity contribution is 5.98. The van der Waals surface area contributed by atoms with Crippen LogP contribution in [0.2, 0.25) is 0 Å². The monoisotopic (exact) mass is 288 g/mol. The van der Waals surface area contributed by atoms with E-state index in [2.05, 4.69) is 9.97 Å². The Bertz CT molecular complexity index is 655. The molecule has 0 saturated heterocycles. The summed E-state index contributed by atoms with van der Waals surface area (Å²) in [5.74, 6) is 0.963. The summed E-state index contributed by atoms with van der Waals surface area (Å²) in [5.41, 5.74) is 12.3. The second kappa shape index (κ2) is 5.66. The molecule has 0 bridgehead atoms. The Morgan fingerprint density at radius 1 is 1.10 bits per heavy atom. The molecule has 110 valence electrons. The lowest BCUT2D eigenvalue weighted by Gasteiger charge is -2.10. The van der Waals surface area contributed by atoms with E-state index in [1.165, 1.54) is 0 Å². The second-order valence-corrected chi connectivity index (χ2v) is 4.36.